The molecule has 0 rings (SSSR count). The summed E-state index contributed by atoms with van der Waals surface area (Å²) in [7, 11) is 0. The molecule has 0 aliphatic heterocycles. The van der Waals surface area contributed by atoms with E-state index in [4.69, 9.17) is 11.6 Å². The Hall–Kier alpha value is -0.560. The molecule has 0 N–H and O–H groups in total. The molecule has 0 aromatic rings. The molecule has 0 aromatic heterocycles. The van der Waals surface area contributed by atoms with E-state index in [1.54, 1.807) is 0 Å². The summed E-state index contributed by atoms with van der Waals surface area (Å²) >= 11 is 5.15. The standard InChI is InChI=1S/C7H9ClO/c1-6(2)5-7(9)3-4-8/h3-5H,1-2H3/b4-3-. The molecule has 0 aromatic carbocycles. The third-order valence-electron chi connectivity index (χ3n) is 0.658. The lowest BCUT2D eigenvalue weighted by molar-refractivity contribution is -0.110. The molecule has 0 spiro atoms. The minimum atomic E-state index is -0.0648. The van der Waals surface area contributed by atoms with Crippen molar-refractivity contribution in [3.8, 4) is 0 Å². The van der Waals surface area contributed by atoms with Crippen molar-refractivity contribution >= 4 is 17.4 Å². The van der Waals surface area contributed by atoms with Crippen molar-refractivity contribution in [2.75, 3.05) is 0 Å². The number of ketones is 1. The molecule has 0 heterocycles. The average molecular weight is 145 g/mol. The van der Waals surface area contributed by atoms with Gasteiger partial charge >= 0.3 is 0 Å². The van der Waals surface area contributed by atoms with Gasteiger partial charge in [-0.15, -0.1) is 0 Å². The Morgan fingerprint density at radius 2 is 2.00 bits per heavy atom. The zero-order valence-corrected chi connectivity index (χ0v) is 6.27. The Labute approximate surface area is 60.0 Å². The lowest BCUT2D eigenvalue weighted by Crippen LogP contribution is -1.84. The van der Waals surface area contributed by atoms with Crippen LogP contribution in [0, 0.1) is 0 Å². The maximum absolute atomic E-state index is 10.6. The Balaban J connectivity index is 3.93. The third-order valence-corrected chi connectivity index (χ3v) is 0.784. The molecule has 9 heavy (non-hydrogen) atoms. The predicted molar refractivity (Wildman–Crippen MR) is 39.4 cm³/mol. The van der Waals surface area contributed by atoms with Gasteiger partial charge in [0.15, 0.2) is 5.78 Å². The van der Waals surface area contributed by atoms with Gasteiger partial charge in [0.25, 0.3) is 0 Å². The van der Waals surface area contributed by atoms with Gasteiger partial charge in [0.05, 0.1) is 0 Å². The molecule has 0 amide bonds. The van der Waals surface area contributed by atoms with Gasteiger partial charge in [-0.05, 0) is 26.0 Å². The molecule has 0 fully saturated rings. The fourth-order valence-electron chi connectivity index (χ4n) is 0.395. The molecule has 0 saturated carbocycles. The predicted octanol–water partition coefficient (Wildman–Crippen LogP) is 2.27. The Bertz CT molecular complexity index is 152. The first-order valence-electron chi connectivity index (χ1n) is 2.62. The largest absolute Gasteiger partial charge is 0.290 e. The van der Waals surface area contributed by atoms with Gasteiger partial charge in [0.1, 0.15) is 0 Å². The van der Waals surface area contributed by atoms with Crippen molar-refractivity contribution in [3.63, 3.8) is 0 Å². The van der Waals surface area contributed by atoms with E-state index in [1.807, 2.05) is 13.8 Å². The Morgan fingerprint density at radius 3 is 2.33 bits per heavy atom. The minimum absolute atomic E-state index is 0.0648. The first-order valence-corrected chi connectivity index (χ1v) is 3.06. The topological polar surface area (TPSA) is 17.1 Å². The smallest absolute Gasteiger partial charge is 0.179 e. The quantitative estimate of drug-likeness (QED) is 0.544. The van der Waals surface area contributed by atoms with Crippen molar-refractivity contribution in [1.29, 1.82) is 0 Å². The van der Waals surface area contributed by atoms with Crippen LogP contribution in [0.4, 0.5) is 0 Å². The van der Waals surface area contributed by atoms with E-state index in [0.29, 0.717) is 0 Å². The van der Waals surface area contributed by atoms with Crippen molar-refractivity contribution in [3.05, 3.63) is 23.3 Å². The van der Waals surface area contributed by atoms with Crippen LogP contribution in [0.1, 0.15) is 13.8 Å². The molecule has 0 radical (unpaired) electrons. The van der Waals surface area contributed by atoms with E-state index in [-0.39, 0.29) is 5.78 Å². The zero-order chi connectivity index (χ0) is 7.28. The first kappa shape index (κ1) is 8.44. The SMILES string of the molecule is CC(C)=CC(=O)/C=C\Cl. The van der Waals surface area contributed by atoms with Crippen LogP contribution in [0.3, 0.4) is 0 Å². The van der Waals surface area contributed by atoms with Crippen LogP contribution in [0.5, 0.6) is 0 Å². The van der Waals surface area contributed by atoms with Crippen molar-refractivity contribution in [2.24, 2.45) is 0 Å². The number of hydrogen-bond donors (Lipinski definition) is 0. The molecule has 0 bridgehead atoms. The number of hydrogen-bond acceptors (Lipinski definition) is 1. The summed E-state index contributed by atoms with van der Waals surface area (Å²) in [6.07, 6.45) is 2.84. The highest BCUT2D eigenvalue weighted by Gasteiger charge is 1.86. The van der Waals surface area contributed by atoms with Crippen LogP contribution in [0.15, 0.2) is 23.3 Å². The van der Waals surface area contributed by atoms with Crippen LogP contribution < -0.4 is 0 Å². The highest BCUT2D eigenvalue weighted by Crippen LogP contribution is 1.90. The summed E-state index contributed by atoms with van der Waals surface area (Å²) in [5.74, 6) is -0.0648. The van der Waals surface area contributed by atoms with Crippen molar-refractivity contribution in [1.82, 2.24) is 0 Å². The highest BCUT2D eigenvalue weighted by atomic mass is 35.5. The molecule has 0 atom stereocenters. The maximum Gasteiger partial charge on any atom is 0.179 e. The molecule has 0 aliphatic rings. The van der Waals surface area contributed by atoms with Gasteiger partial charge in [-0.2, -0.15) is 0 Å². The number of halogens is 1. The zero-order valence-electron chi connectivity index (χ0n) is 5.52. The van der Waals surface area contributed by atoms with E-state index < -0.39 is 0 Å². The van der Waals surface area contributed by atoms with Crippen LogP contribution in [0.2, 0.25) is 0 Å². The van der Waals surface area contributed by atoms with Crippen LogP contribution in [-0.2, 0) is 4.79 Å². The normalized spacial score (nSPS) is 9.67. The van der Waals surface area contributed by atoms with E-state index >= 15 is 0 Å². The van der Waals surface area contributed by atoms with Crippen molar-refractivity contribution < 1.29 is 4.79 Å². The highest BCUT2D eigenvalue weighted by molar-refractivity contribution is 6.27. The molecule has 50 valence electrons. The van der Waals surface area contributed by atoms with Crippen molar-refractivity contribution in [2.45, 2.75) is 13.8 Å². The Morgan fingerprint density at radius 1 is 1.44 bits per heavy atom. The lowest BCUT2D eigenvalue weighted by atomic mass is 10.2. The van der Waals surface area contributed by atoms with Gasteiger partial charge in [-0.25, -0.2) is 0 Å². The Kier molecular flexibility index (Phi) is 4.06. The molecular formula is C7H9ClO. The molecule has 2 heteroatoms. The number of carbonyl (C=O) groups excluding carboxylic acids is 1. The molecular weight excluding hydrogens is 136 g/mol. The summed E-state index contributed by atoms with van der Waals surface area (Å²) < 4.78 is 0. The van der Waals surface area contributed by atoms with Gasteiger partial charge < -0.3 is 0 Å². The summed E-state index contributed by atoms with van der Waals surface area (Å²) in [5.41, 5.74) is 2.19. The van der Waals surface area contributed by atoms with Gasteiger partial charge in [0, 0.05) is 5.54 Å². The second-order valence-electron chi connectivity index (χ2n) is 1.92. The summed E-state index contributed by atoms with van der Waals surface area (Å²) in [5, 5.41) is 0. The van der Waals surface area contributed by atoms with Crippen LogP contribution >= 0.6 is 11.6 Å². The molecule has 1 nitrogen and oxygen atoms in total. The van der Waals surface area contributed by atoms with Crippen LogP contribution in [0.25, 0.3) is 0 Å². The molecule has 0 saturated heterocycles. The number of rotatable bonds is 2. The monoisotopic (exact) mass is 144 g/mol. The maximum atomic E-state index is 10.6. The number of allylic oxidation sites excluding steroid dienone is 3. The summed E-state index contributed by atoms with van der Waals surface area (Å²) in [4.78, 5) is 10.6. The lowest BCUT2D eigenvalue weighted by Gasteiger charge is -1.83. The average Bonchev–Trinajstić information content (AvgIpc) is 1.63. The number of carbonyl (C=O) groups is 1. The van der Waals surface area contributed by atoms with Crippen LogP contribution in [-0.4, -0.2) is 5.78 Å². The van der Waals surface area contributed by atoms with Gasteiger partial charge in [-0.1, -0.05) is 17.2 Å². The minimum Gasteiger partial charge on any atom is -0.290 e. The van der Waals surface area contributed by atoms with Gasteiger partial charge in [-0.3, -0.25) is 4.79 Å². The summed E-state index contributed by atoms with van der Waals surface area (Å²) in [6.45, 7) is 3.72. The summed E-state index contributed by atoms with van der Waals surface area (Å²) in [6, 6.07) is 0. The fourth-order valence-corrected chi connectivity index (χ4v) is 0.519. The van der Waals surface area contributed by atoms with Gasteiger partial charge in [0.2, 0.25) is 0 Å². The van der Waals surface area contributed by atoms with E-state index in [0.717, 1.165) is 5.57 Å². The van der Waals surface area contributed by atoms with E-state index in [1.165, 1.54) is 17.7 Å². The molecule has 0 aliphatic carbocycles. The first-order chi connectivity index (χ1) is 4.16. The second-order valence-corrected chi connectivity index (χ2v) is 2.17. The fraction of sp³-hybridized carbons (Fsp3) is 0.286. The molecule has 0 unspecified atom stereocenters. The van der Waals surface area contributed by atoms with E-state index in [2.05, 4.69) is 0 Å². The third kappa shape index (κ3) is 5.31. The van der Waals surface area contributed by atoms with E-state index in [9.17, 15) is 4.79 Å². The second kappa shape index (κ2) is 4.33.